The highest BCUT2D eigenvalue weighted by Crippen LogP contribution is 2.19. The molecule has 1 aliphatic rings. The molecule has 4 N–H and O–H groups in total. The van der Waals surface area contributed by atoms with Crippen LogP contribution in [-0.2, 0) is 0 Å². The summed E-state index contributed by atoms with van der Waals surface area (Å²) < 4.78 is 1.37. The van der Waals surface area contributed by atoms with Gasteiger partial charge in [0.1, 0.15) is 12.1 Å². The van der Waals surface area contributed by atoms with Gasteiger partial charge < -0.3 is 11.1 Å². The van der Waals surface area contributed by atoms with Crippen molar-refractivity contribution in [1.82, 2.24) is 19.6 Å². The molecular formula is C12H18N6O. The molecular weight excluding hydrogens is 244 g/mol. The maximum atomic E-state index is 11.3. The van der Waals surface area contributed by atoms with E-state index in [-0.39, 0.29) is 17.8 Å². The van der Waals surface area contributed by atoms with E-state index in [9.17, 15) is 4.79 Å². The van der Waals surface area contributed by atoms with Crippen molar-refractivity contribution in [3.05, 3.63) is 22.9 Å². The van der Waals surface area contributed by atoms with Gasteiger partial charge in [-0.3, -0.25) is 0 Å². The predicted octanol–water partition coefficient (Wildman–Crippen LogP) is 0.489. The van der Waals surface area contributed by atoms with E-state index < -0.39 is 0 Å². The van der Waals surface area contributed by atoms with Crippen molar-refractivity contribution >= 4 is 11.5 Å². The topological polar surface area (TPSA) is 101 Å². The number of hydrogen-bond donors (Lipinski definition) is 3. The number of fused-ring (bicyclic) bond motifs is 1. The molecule has 7 nitrogen and oxygen atoms in total. The summed E-state index contributed by atoms with van der Waals surface area (Å²) in [7, 11) is 0. The van der Waals surface area contributed by atoms with Crippen molar-refractivity contribution in [2.24, 2.45) is 5.73 Å². The van der Waals surface area contributed by atoms with E-state index in [1.807, 2.05) is 0 Å². The van der Waals surface area contributed by atoms with E-state index in [1.165, 1.54) is 30.0 Å². The van der Waals surface area contributed by atoms with Gasteiger partial charge in [-0.2, -0.15) is 5.10 Å². The zero-order chi connectivity index (χ0) is 13.2. The zero-order valence-corrected chi connectivity index (χ0v) is 10.7. The second kappa shape index (κ2) is 5.00. The average molecular weight is 262 g/mol. The molecule has 0 amide bonds. The fraction of sp³-hybridized carbons (Fsp3) is 0.583. The summed E-state index contributed by atoms with van der Waals surface area (Å²) in [5, 5.41) is 9.68. The van der Waals surface area contributed by atoms with E-state index in [1.54, 1.807) is 6.07 Å². The molecule has 2 unspecified atom stereocenters. The van der Waals surface area contributed by atoms with Crippen LogP contribution in [0.1, 0.15) is 32.1 Å². The normalized spacial score (nSPS) is 24.3. The summed E-state index contributed by atoms with van der Waals surface area (Å²) in [5.41, 5.74) is 6.46. The van der Waals surface area contributed by atoms with E-state index in [2.05, 4.69) is 20.5 Å². The summed E-state index contributed by atoms with van der Waals surface area (Å²) in [6.07, 6.45) is 7.21. The van der Waals surface area contributed by atoms with E-state index in [0.717, 1.165) is 12.8 Å². The van der Waals surface area contributed by atoms with Gasteiger partial charge in [0.15, 0.2) is 5.65 Å². The molecule has 0 bridgehead atoms. The van der Waals surface area contributed by atoms with E-state index >= 15 is 0 Å². The number of rotatable bonds is 2. The molecule has 2 atom stereocenters. The summed E-state index contributed by atoms with van der Waals surface area (Å²) >= 11 is 0. The Kier molecular flexibility index (Phi) is 3.20. The number of aromatic amines is 1. The Bertz CT molecular complexity index is 618. The number of hydrogen-bond acceptors (Lipinski definition) is 5. The Balaban J connectivity index is 1.81. The lowest BCUT2D eigenvalue weighted by Crippen LogP contribution is -2.39. The molecule has 0 aliphatic heterocycles. The minimum Gasteiger partial charge on any atom is -0.366 e. The molecule has 0 spiro atoms. The molecule has 1 fully saturated rings. The molecule has 7 heteroatoms. The molecule has 2 aromatic heterocycles. The van der Waals surface area contributed by atoms with Crippen molar-refractivity contribution in [3.8, 4) is 0 Å². The Morgan fingerprint density at radius 3 is 3.11 bits per heavy atom. The second-order valence-corrected chi connectivity index (χ2v) is 5.08. The van der Waals surface area contributed by atoms with Crippen molar-refractivity contribution in [1.29, 1.82) is 0 Å². The highest BCUT2D eigenvalue weighted by Gasteiger charge is 2.20. The second-order valence-electron chi connectivity index (χ2n) is 5.08. The largest absolute Gasteiger partial charge is 0.366 e. The van der Waals surface area contributed by atoms with Crippen LogP contribution < -0.4 is 16.7 Å². The molecule has 102 valence electrons. The first-order chi connectivity index (χ1) is 9.24. The molecule has 2 aromatic rings. The fourth-order valence-electron chi connectivity index (χ4n) is 2.59. The Morgan fingerprint density at radius 1 is 1.37 bits per heavy atom. The standard InChI is InChI=1S/C12H18N6O/c13-8-4-2-1-3-5-9(8)15-10-6-11-16-17-12(19)18(11)7-14-10/h6-9,15H,1-5,13H2,(H,17,19). The fourth-order valence-corrected chi connectivity index (χ4v) is 2.59. The number of aromatic nitrogens is 4. The minimum atomic E-state index is -0.278. The number of nitrogens with zero attached hydrogens (tertiary/aromatic N) is 3. The highest BCUT2D eigenvalue weighted by atomic mass is 16.1. The Labute approximate surface area is 110 Å². The maximum Gasteiger partial charge on any atom is 0.348 e. The van der Waals surface area contributed by atoms with Crippen LogP contribution in [0.4, 0.5) is 5.82 Å². The van der Waals surface area contributed by atoms with Gasteiger partial charge in [-0.15, -0.1) is 0 Å². The van der Waals surface area contributed by atoms with Gasteiger partial charge in [0, 0.05) is 18.2 Å². The van der Waals surface area contributed by atoms with Crippen LogP contribution in [0.15, 0.2) is 17.2 Å². The molecule has 0 aromatic carbocycles. The average Bonchev–Trinajstić information content (AvgIpc) is 2.65. The van der Waals surface area contributed by atoms with E-state index in [0.29, 0.717) is 11.5 Å². The van der Waals surface area contributed by atoms with Gasteiger partial charge in [-0.1, -0.05) is 19.3 Å². The highest BCUT2D eigenvalue weighted by molar-refractivity contribution is 5.48. The summed E-state index contributed by atoms with van der Waals surface area (Å²) in [5.74, 6) is 0.717. The predicted molar refractivity (Wildman–Crippen MR) is 72.1 cm³/mol. The quantitative estimate of drug-likeness (QED) is 0.684. The van der Waals surface area contributed by atoms with Gasteiger partial charge in [0.2, 0.25) is 0 Å². The smallest absolute Gasteiger partial charge is 0.348 e. The van der Waals surface area contributed by atoms with Gasteiger partial charge in [0.05, 0.1) is 0 Å². The third-order valence-electron chi connectivity index (χ3n) is 3.71. The maximum absolute atomic E-state index is 11.3. The van der Waals surface area contributed by atoms with Crippen molar-refractivity contribution in [2.75, 3.05) is 5.32 Å². The van der Waals surface area contributed by atoms with Crippen LogP contribution in [-0.4, -0.2) is 31.7 Å². The van der Waals surface area contributed by atoms with Crippen molar-refractivity contribution < 1.29 is 0 Å². The van der Waals surface area contributed by atoms with E-state index in [4.69, 9.17) is 5.73 Å². The lowest BCUT2D eigenvalue weighted by Gasteiger charge is -2.23. The molecule has 0 radical (unpaired) electrons. The van der Waals surface area contributed by atoms with Gasteiger partial charge in [-0.25, -0.2) is 19.3 Å². The summed E-state index contributed by atoms with van der Waals surface area (Å²) in [6, 6.07) is 2.15. The first kappa shape index (κ1) is 12.2. The lowest BCUT2D eigenvalue weighted by molar-refractivity contribution is 0.527. The third-order valence-corrected chi connectivity index (χ3v) is 3.71. The zero-order valence-electron chi connectivity index (χ0n) is 10.7. The van der Waals surface area contributed by atoms with Crippen LogP contribution in [0.2, 0.25) is 0 Å². The number of nitrogens with one attached hydrogen (secondary N) is 2. The van der Waals surface area contributed by atoms with Crippen molar-refractivity contribution in [2.45, 2.75) is 44.2 Å². The first-order valence-electron chi connectivity index (χ1n) is 6.69. The van der Waals surface area contributed by atoms with Crippen LogP contribution in [0, 0.1) is 0 Å². The SMILES string of the molecule is NC1CCCCCC1Nc1cc2n[nH]c(=O)n2cn1. The van der Waals surface area contributed by atoms with Gasteiger partial charge in [0.25, 0.3) is 0 Å². The molecule has 2 heterocycles. The summed E-state index contributed by atoms with van der Waals surface area (Å²) in [6.45, 7) is 0. The minimum absolute atomic E-state index is 0.155. The first-order valence-corrected chi connectivity index (χ1v) is 6.69. The van der Waals surface area contributed by atoms with Crippen molar-refractivity contribution in [3.63, 3.8) is 0 Å². The number of nitrogens with two attached hydrogens (primary N) is 1. The molecule has 1 aliphatic carbocycles. The summed E-state index contributed by atoms with van der Waals surface area (Å²) in [4.78, 5) is 15.6. The van der Waals surface area contributed by atoms with Gasteiger partial charge >= 0.3 is 5.69 Å². The molecule has 1 saturated carbocycles. The molecule has 3 rings (SSSR count). The third kappa shape index (κ3) is 2.46. The number of H-pyrrole nitrogens is 1. The lowest BCUT2D eigenvalue weighted by atomic mass is 10.0. The number of anilines is 1. The monoisotopic (exact) mass is 262 g/mol. The van der Waals surface area contributed by atoms with Crippen LogP contribution >= 0.6 is 0 Å². The van der Waals surface area contributed by atoms with Crippen LogP contribution in [0.5, 0.6) is 0 Å². The molecule has 19 heavy (non-hydrogen) atoms. The van der Waals surface area contributed by atoms with Crippen LogP contribution in [0.3, 0.4) is 0 Å². The van der Waals surface area contributed by atoms with Gasteiger partial charge in [-0.05, 0) is 12.8 Å². The Hall–Kier alpha value is -1.89. The molecule has 0 saturated heterocycles. The van der Waals surface area contributed by atoms with Crippen LogP contribution in [0.25, 0.3) is 5.65 Å². The Morgan fingerprint density at radius 2 is 2.21 bits per heavy atom.